The summed E-state index contributed by atoms with van der Waals surface area (Å²) in [6.45, 7) is 4.18. The average Bonchev–Trinajstić information content (AvgIpc) is 3.11. The second-order valence-corrected chi connectivity index (χ2v) is 5.58. The molecule has 26 heavy (non-hydrogen) atoms. The van der Waals surface area contributed by atoms with Gasteiger partial charge in [-0.3, -0.25) is 10.1 Å². The fraction of sp³-hybridized carbons (Fsp3) is 0.0556. The molecule has 0 radical (unpaired) electrons. The molecule has 4 aromatic rings. The smallest absolute Gasteiger partial charge is 0.280 e. The van der Waals surface area contributed by atoms with E-state index in [2.05, 4.69) is 27.1 Å². The minimum atomic E-state index is -0.429. The number of nitrogens with one attached hydrogen (secondary N) is 1. The van der Waals surface area contributed by atoms with Gasteiger partial charge in [-0.1, -0.05) is 30.3 Å². The van der Waals surface area contributed by atoms with Crippen molar-refractivity contribution in [3.05, 3.63) is 71.3 Å². The number of fused-ring (bicyclic) bond motifs is 3. The van der Waals surface area contributed by atoms with Crippen molar-refractivity contribution >= 4 is 28.2 Å². The van der Waals surface area contributed by atoms with E-state index in [0.717, 1.165) is 10.9 Å². The van der Waals surface area contributed by atoms with Crippen LogP contribution in [-0.2, 0) is 0 Å². The molecule has 0 saturated carbocycles. The molecule has 0 spiro atoms. The van der Waals surface area contributed by atoms with Crippen LogP contribution >= 0.6 is 0 Å². The van der Waals surface area contributed by atoms with Crippen molar-refractivity contribution in [2.24, 2.45) is 0 Å². The van der Waals surface area contributed by atoms with Gasteiger partial charge < -0.3 is 5.32 Å². The predicted octanol–water partition coefficient (Wildman–Crippen LogP) is 3.45. The van der Waals surface area contributed by atoms with E-state index in [4.69, 9.17) is 0 Å². The Morgan fingerprint density at radius 1 is 1.15 bits per heavy atom. The highest BCUT2D eigenvalue weighted by Crippen LogP contribution is 2.31. The van der Waals surface area contributed by atoms with Gasteiger partial charge in [-0.15, -0.1) is 16.8 Å². The molecule has 0 bridgehead atoms. The molecule has 2 aromatic heterocycles. The second kappa shape index (κ2) is 6.25. The van der Waals surface area contributed by atoms with Gasteiger partial charge in [-0.25, -0.2) is 9.38 Å². The maximum absolute atomic E-state index is 11.4. The first-order valence-electron chi connectivity index (χ1n) is 7.93. The maximum Gasteiger partial charge on any atom is 0.280 e. The van der Waals surface area contributed by atoms with E-state index in [1.807, 2.05) is 24.3 Å². The number of rotatable bonds is 5. The van der Waals surface area contributed by atoms with Crippen LogP contribution in [0.1, 0.15) is 0 Å². The number of nitrogens with zero attached hydrogens (tertiary/aromatic N) is 5. The molecule has 2 heterocycles. The zero-order valence-electron chi connectivity index (χ0n) is 13.7. The quantitative estimate of drug-likeness (QED) is 0.338. The summed E-state index contributed by atoms with van der Waals surface area (Å²) in [5.41, 5.74) is 1.68. The molecule has 1 N–H and O–H groups in total. The molecule has 0 fully saturated rings. The minimum Gasteiger partial charge on any atom is -0.352 e. The molecule has 128 valence electrons. The first kappa shape index (κ1) is 15.7. The Morgan fingerprint density at radius 3 is 2.73 bits per heavy atom. The summed E-state index contributed by atoms with van der Waals surface area (Å²) in [5, 5.41) is 23.9. The molecular formula is C18H14N6O2. The summed E-state index contributed by atoms with van der Waals surface area (Å²) in [7, 11) is 0. The van der Waals surface area contributed by atoms with Crippen molar-refractivity contribution in [1.82, 2.24) is 19.6 Å². The molecular weight excluding hydrogens is 332 g/mol. The number of aromatic nitrogens is 4. The molecule has 8 nitrogen and oxygen atoms in total. The lowest BCUT2D eigenvalue weighted by atomic mass is 10.1. The Morgan fingerprint density at radius 2 is 1.92 bits per heavy atom. The lowest BCUT2D eigenvalue weighted by Gasteiger charge is -2.10. The summed E-state index contributed by atoms with van der Waals surface area (Å²) in [6.07, 6.45) is 1.71. The molecule has 0 amide bonds. The monoisotopic (exact) mass is 346 g/mol. The van der Waals surface area contributed by atoms with E-state index >= 15 is 0 Å². The van der Waals surface area contributed by atoms with Gasteiger partial charge >= 0.3 is 0 Å². The molecule has 2 aromatic carbocycles. The van der Waals surface area contributed by atoms with Crippen molar-refractivity contribution < 1.29 is 4.92 Å². The highest BCUT2D eigenvalue weighted by Gasteiger charge is 2.22. The van der Waals surface area contributed by atoms with E-state index in [1.54, 1.807) is 28.7 Å². The topological polar surface area (TPSA) is 98.2 Å². The largest absolute Gasteiger partial charge is 0.352 e. The number of nitro benzene ring substituents is 1. The lowest BCUT2D eigenvalue weighted by molar-refractivity contribution is -0.384. The SMILES string of the molecule is C=CCNc1nc2ccccc2c2nnc(-c3ccccc3[N+](=O)[O-])n12. The predicted molar refractivity (Wildman–Crippen MR) is 99.1 cm³/mol. The average molecular weight is 346 g/mol. The molecule has 8 heteroatoms. The van der Waals surface area contributed by atoms with Crippen molar-refractivity contribution in [1.29, 1.82) is 0 Å². The third-order valence-electron chi connectivity index (χ3n) is 3.99. The van der Waals surface area contributed by atoms with E-state index in [0.29, 0.717) is 29.5 Å². The van der Waals surface area contributed by atoms with Gasteiger partial charge in [0.1, 0.15) is 0 Å². The molecule has 0 aliphatic heterocycles. The number of hydrogen-bond donors (Lipinski definition) is 1. The second-order valence-electron chi connectivity index (χ2n) is 5.58. The summed E-state index contributed by atoms with van der Waals surface area (Å²) in [6, 6.07) is 14.0. The van der Waals surface area contributed by atoms with Gasteiger partial charge in [0.2, 0.25) is 5.95 Å². The molecule has 4 rings (SSSR count). The Labute approximate surface area is 148 Å². The number of anilines is 1. The van der Waals surface area contributed by atoms with Crippen LogP contribution in [0.25, 0.3) is 27.9 Å². The number of benzene rings is 2. The zero-order valence-corrected chi connectivity index (χ0v) is 13.7. The third kappa shape index (κ3) is 2.44. The third-order valence-corrected chi connectivity index (χ3v) is 3.99. The Bertz CT molecular complexity index is 1150. The van der Waals surface area contributed by atoms with Crippen LogP contribution in [0.15, 0.2) is 61.2 Å². The van der Waals surface area contributed by atoms with Gasteiger partial charge in [-0.2, -0.15) is 0 Å². The van der Waals surface area contributed by atoms with E-state index in [9.17, 15) is 10.1 Å². The van der Waals surface area contributed by atoms with Crippen LogP contribution in [0.5, 0.6) is 0 Å². The summed E-state index contributed by atoms with van der Waals surface area (Å²) < 4.78 is 1.70. The normalized spacial score (nSPS) is 10.9. The van der Waals surface area contributed by atoms with E-state index in [-0.39, 0.29) is 5.69 Å². The number of hydrogen-bond acceptors (Lipinski definition) is 6. The zero-order chi connectivity index (χ0) is 18.1. The van der Waals surface area contributed by atoms with E-state index in [1.165, 1.54) is 6.07 Å². The van der Waals surface area contributed by atoms with Gasteiger partial charge in [0.25, 0.3) is 5.69 Å². The Hall–Kier alpha value is -3.81. The number of para-hydroxylation sites is 2. The van der Waals surface area contributed by atoms with E-state index < -0.39 is 4.92 Å². The molecule has 0 aliphatic rings. The Kier molecular flexibility index (Phi) is 3.77. The fourth-order valence-electron chi connectivity index (χ4n) is 2.86. The van der Waals surface area contributed by atoms with Crippen LogP contribution in [-0.4, -0.2) is 31.1 Å². The van der Waals surface area contributed by atoms with Crippen LogP contribution in [0.2, 0.25) is 0 Å². The highest BCUT2D eigenvalue weighted by molar-refractivity contribution is 5.93. The first-order valence-corrected chi connectivity index (χ1v) is 7.93. The van der Waals surface area contributed by atoms with Crippen molar-refractivity contribution in [2.45, 2.75) is 0 Å². The van der Waals surface area contributed by atoms with Crippen molar-refractivity contribution in [3.63, 3.8) is 0 Å². The van der Waals surface area contributed by atoms with Gasteiger partial charge in [0, 0.05) is 18.0 Å². The van der Waals surface area contributed by atoms with Crippen LogP contribution < -0.4 is 5.32 Å². The van der Waals surface area contributed by atoms with Crippen molar-refractivity contribution in [3.8, 4) is 11.4 Å². The number of nitro groups is 1. The van der Waals surface area contributed by atoms with Crippen LogP contribution in [0.4, 0.5) is 11.6 Å². The van der Waals surface area contributed by atoms with Crippen molar-refractivity contribution in [2.75, 3.05) is 11.9 Å². The molecule has 0 saturated heterocycles. The summed E-state index contributed by atoms with van der Waals surface area (Å²) in [5.74, 6) is 0.855. The van der Waals surface area contributed by atoms with Gasteiger partial charge in [-0.05, 0) is 18.2 Å². The molecule has 0 unspecified atom stereocenters. The first-order chi connectivity index (χ1) is 12.7. The highest BCUT2D eigenvalue weighted by atomic mass is 16.6. The summed E-state index contributed by atoms with van der Waals surface area (Å²) >= 11 is 0. The van der Waals surface area contributed by atoms with Crippen LogP contribution in [0, 0.1) is 10.1 Å². The molecule has 0 aliphatic carbocycles. The molecule has 0 atom stereocenters. The maximum atomic E-state index is 11.4. The lowest BCUT2D eigenvalue weighted by Crippen LogP contribution is -2.08. The Balaban J connectivity index is 2.07. The van der Waals surface area contributed by atoms with Gasteiger partial charge in [0.15, 0.2) is 11.5 Å². The summed E-state index contributed by atoms with van der Waals surface area (Å²) in [4.78, 5) is 15.6. The van der Waals surface area contributed by atoms with Gasteiger partial charge in [0.05, 0.1) is 16.0 Å². The fourth-order valence-corrected chi connectivity index (χ4v) is 2.86. The van der Waals surface area contributed by atoms with Crippen LogP contribution in [0.3, 0.4) is 0 Å². The standard InChI is InChI=1S/C18H14N6O2/c1-2-11-19-18-20-14-9-5-3-7-12(14)16-21-22-17(23(16)18)13-8-4-6-10-15(13)24(25)26/h2-10H,1,11H2,(H,19,20). The minimum absolute atomic E-state index is 0.0374.